The first-order valence-corrected chi connectivity index (χ1v) is 3.46. The van der Waals surface area contributed by atoms with Crippen molar-refractivity contribution in [1.82, 2.24) is 4.98 Å². The minimum Gasteiger partial charge on any atom is -0.481 e. The SMILES string of the molecule is COc1ccc(OC=O)c(Cl)n1. The molecule has 0 spiro atoms. The highest BCUT2D eigenvalue weighted by Gasteiger charge is 2.03. The van der Waals surface area contributed by atoms with Crippen LogP contribution in [0, 0.1) is 0 Å². The monoisotopic (exact) mass is 187 g/mol. The molecule has 0 aliphatic carbocycles. The van der Waals surface area contributed by atoms with Crippen molar-refractivity contribution in [3.05, 3.63) is 17.3 Å². The maximum atomic E-state index is 9.94. The summed E-state index contributed by atoms with van der Waals surface area (Å²) >= 11 is 5.61. The van der Waals surface area contributed by atoms with Crippen molar-refractivity contribution in [3.63, 3.8) is 0 Å². The molecule has 0 saturated heterocycles. The van der Waals surface area contributed by atoms with Gasteiger partial charge in [0.25, 0.3) is 6.47 Å². The summed E-state index contributed by atoms with van der Waals surface area (Å²) in [6, 6.07) is 3.05. The largest absolute Gasteiger partial charge is 0.481 e. The molecular weight excluding hydrogens is 182 g/mol. The molecular formula is C7H6ClNO3. The van der Waals surface area contributed by atoms with E-state index >= 15 is 0 Å². The molecule has 0 N–H and O–H groups in total. The van der Waals surface area contributed by atoms with Gasteiger partial charge in [0.2, 0.25) is 5.88 Å². The molecule has 1 heterocycles. The van der Waals surface area contributed by atoms with Crippen molar-refractivity contribution in [2.75, 3.05) is 7.11 Å². The standard InChI is InChI=1S/C7H6ClNO3/c1-11-6-3-2-5(12-4-10)7(8)9-6/h2-4H,1H3. The van der Waals surface area contributed by atoms with E-state index in [2.05, 4.69) is 9.72 Å². The van der Waals surface area contributed by atoms with Crippen molar-refractivity contribution < 1.29 is 14.3 Å². The Morgan fingerprint density at radius 1 is 1.58 bits per heavy atom. The molecule has 12 heavy (non-hydrogen) atoms. The highest BCUT2D eigenvalue weighted by molar-refractivity contribution is 6.30. The Morgan fingerprint density at radius 2 is 2.33 bits per heavy atom. The van der Waals surface area contributed by atoms with Crippen LogP contribution in [0.1, 0.15) is 0 Å². The maximum Gasteiger partial charge on any atom is 0.298 e. The number of rotatable bonds is 3. The van der Waals surface area contributed by atoms with Crippen LogP contribution in [0.15, 0.2) is 12.1 Å². The van der Waals surface area contributed by atoms with Crippen molar-refractivity contribution in [2.45, 2.75) is 0 Å². The van der Waals surface area contributed by atoms with Crippen LogP contribution in [0.3, 0.4) is 0 Å². The second-order valence-corrected chi connectivity index (χ2v) is 2.21. The van der Waals surface area contributed by atoms with Crippen molar-refractivity contribution in [2.24, 2.45) is 0 Å². The number of carbonyl (C=O) groups is 1. The molecule has 0 unspecified atom stereocenters. The van der Waals surface area contributed by atoms with E-state index in [1.54, 1.807) is 6.07 Å². The molecule has 4 nitrogen and oxygen atoms in total. The molecule has 0 bridgehead atoms. The number of nitrogens with zero attached hydrogens (tertiary/aromatic N) is 1. The van der Waals surface area contributed by atoms with E-state index in [1.807, 2.05) is 0 Å². The van der Waals surface area contributed by atoms with Crippen molar-refractivity contribution >= 4 is 18.1 Å². The fourth-order valence-electron chi connectivity index (χ4n) is 0.658. The number of carbonyl (C=O) groups excluding carboxylic acids is 1. The second kappa shape index (κ2) is 3.92. The number of halogens is 1. The van der Waals surface area contributed by atoms with Gasteiger partial charge in [-0.25, -0.2) is 0 Å². The summed E-state index contributed by atoms with van der Waals surface area (Å²) in [6.45, 7) is 0.287. The van der Waals surface area contributed by atoms with Gasteiger partial charge in [-0.2, -0.15) is 4.98 Å². The normalized spacial score (nSPS) is 9.17. The van der Waals surface area contributed by atoms with Gasteiger partial charge in [-0.15, -0.1) is 0 Å². The first-order chi connectivity index (χ1) is 5.77. The van der Waals surface area contributed by atoms with Gasteiger partial charge in [-0.1, -0.05) is 11.6 Å². The molecule has 0 saturated carbocycles. The van der Waals surface area contributed by atoms with Gasteiger partial charge in [-0.05, 0) is 6.07 Å². The van der Waals surface area contributed by atoms with E-state index in [1.165, 1.54) is 13.2 Å². The molecule has 0 atom stereocenters. The van der Waals surface area contributed by atoms with Crippen LogP contribution in [-0.4, -0.2) is 18.6 Å². The maximum absolute atomic E-state index is 9.94. The molecule has 0 amide bonds. The number of hydrogen-bond donors (Lipinski definition) is 0. The molecule has 1 aromatic rings. The van der Waals surface area contributed by atoms with Gasteiger partial charge < -0.3 is 9.47 Å². The third kappa shape index (κ3) is 1.85. The molecule has 0 aliphatic rings. The number of methoxy groups -OCH3 is 1. The summed E-state index contributed by atoms with van der Waals surface area (Å²) in [4.78, 5) is 13.7. The summed E-state index contributed by atoms with van der Waals surface area (Å²) in [7, 11) is 1.47. The van der Waals surface area contributed by atoms with E-state index in [0.29, 0.717) is 5.88 Å². The Labute approximate surface area is 74.1 Å². The minimum absolute atomic E-state index is 0.0986. The van der Waals surface area contributed by atoms with Gasteiger partial charge in [0.15, 0.2) is 10.9 Å². The number of pyridine rings is 1. The zero-order valence-corrected chi connectivity index (χ0v) is 7.04. The number of aromatic nitrogens is 1. The summed E-state index contributed by atoms with van der Waals surface area (Å²) in [6.07, 6.45) is 0. The lowest BCUT2D eigenvalue weighted by molar-refractivity contribution is -0.120. The van der Waals surface area contributed by atoms with Crippen LogP contribution in [-0.2, 0) is 4.79 Å². The summed E-state index contributed by atoms with van der Waals surface area (Å²) < 4.78 is 9.29. The third-order valence-electron chi connectivity index (χ3n) is 1.17. The first-order valence-electron chi connectivity index (χ1n) is 3.08. The fourth-order valence-corrected chi connectivity index (χ4v) is 0.849. The highest BCUT2D eigenvalue weighted by atomic mass is 35.5. The van der Waals surface area contributed by atoms with Crippen LogP contribution in [0.2, 0.25) is 5.15 Å². The Balaban J connectivity index is 2.94. The zero-order valence-electron chi connectivity index (χ0n) is 6.28. The Morgan fingerprint density at radius 3 is 2.83 bits per heavy atom. The molecule has 0 aromatic carbocycles. The molecule has 0 radical (unpaired) electrons. The van der Waals surface area contributed by atoms with Gasteiger partial charge in [-0.3, -0.25) is 4.79 Å². The molecule has 5 heteroatoms. The van der Waals surface area contributed by atoms with Crippen LogP contribution < -0.4 is 9.47 Å². The first kappa shape index (κ1) is 8.80. The fraction of sp³-hybridized carbons (Fsp3) is 0.143. The minimum atomic E-state index is 0.0986. The van der Waals surface area contributed by atoms with E-state index in [0.717, 1.165) is 0 Å². The van der Waals surface area contributed by atoms with Gasteiger partial charge in [0, 0.05) is 6.07 Å². The molecule has 1 aromatic heterocycles. The van der Waals surface area contributed by atoms with Crippen LogP contribution >= 0.6 is 11.6 Å². The van der Waals surface area contributed by atoms with Crippen molar-refractivity contribution in [1.29, 1.82) is 0 Å². The van der Waals surface area contributed by atoms with Gasteiger partial charge >= 0.3 is 0 Å². The summed E-state index contributed by atoms with van der Waals surface area (Å²) in [5.41, 5.74) is 0. The lowest BCUT2D eigenvalue weighted by Crippen LogP contribution is -1.93. The quantitative estimate of drug-likeness (QED) is 0.528. The molecule has 0 aliphatic heterocycles. The topological polar surface area (TPSA) is 48.4 Å². The lowest BCUT2D eigenvalue weighted by atomic mass is 10.4. The Kier molecular flexibility index (Phi) is 2.88. The second-order valence-electron chi connectivity index (χ2n) is 1.86. The Bertz CT molecular complexity index is 290. The Hall–Kier alpha value is -1.29. The third-order valence-corrected chi connectivity index (χ3v) is 1.44. The molecule has 1 rings (SSSR count). The average Bonchev–Trinajstić information content (AvgIpc) is 2.09. The van der Waals surface area contributed by atoms with Gasteiger partial charge in [0.05, 0.1) is 7.11 Å². The zero-order chi connectivity index (χ0) is 8.97. The van der Waals surface area contributed by atoms with Crippen molar-refractivity contribution in [3.8, 4) is 11.6 Å². The predicted octanol–water partition coefficient (Wildman–Crippen LogP) is 1.28. The van der Waals surface area contributed by atoms with E-state index in [9.17, 15) is 4.79 Å². The van der Waals surface area contributed by atoms with Crippen LogP contribution in [0.25, 0.3) is 0 Å². The molecule has 64 valence electrons. The van der Waals surface area contributed by atoms with E-state index in [4.69, 9.17) is 16.3 Å². The smallest absolute Gasteiger partial charge is 0.298 e. The van der Waals surface area contributed by atoms with E-state index in [-0.39, 0.29) is 17.4 Å². The highest BCUT2D eigenvalue weighted by Crippen LogP contribution is 2.23. The van der Waals surface area contributed by atoms with E-state index < -0.39 is 0 Å². The van der Waals surface area contributed by atoms with Crippen LogP contribution in [0.5, 0.6) is 11.6 Å². The molecule has 0 fully saturated rings. The van der Waals surface area contributed by atoms with Crippen LogP contribution in [0.4, 0.5) is 0 Å². The predicted molar refractivity (Wildman–Crippen MR) is 42.5 cm³/mol. The number of hydrogen-bond acceptors (Lipinski definition) is 4. The summed E-state index contributed by atoms with van der Waals surface area (Å²) in [5, 5.41) is 0.0986. The lowest BCUT2D eigenvalue weighted by Gasteiger charge is -2.01. The number of ether oxygens (including phenoxy) is 2. The average molecular weight is 188 g/mol. The van der Waals surface area contributed by atoms with Gasteiger partial charge in [0.1, 0.15) is 0 Å². The summed E-state index contributed by atoms with van der Waals surface area (Å²) in [5.74, 6) is 0.589.